The minimum atomic E-state index is -0.813. The zero-order chi connectivity index (χ0) is 13.5. The van der Waals surface area contributed by atoms with Crippen LogP contribution in [0, 0.1) is 0 Å². The molecule has 1 aromatic carbocycles. The Labute approximate surface area is 107 Å². The molecular formula is C13H19NO4. The van der Waals surface area contributed by atoms with Crippen molar-refractivity contribution < 1.29 is 19.4 Å². The zero-order valence-corrected chi connectivity index (χ0v) is 10.9. The van der Waals surface area contributed by atoms with Gasteiger partial charge in [0.2, 0.25) is 0 Å². The van der Waals surface area contributed by atoms with Crippen LogP contribution in [-0.2, 0) is 4.79 Å². The highest BCUT2D eigenvalue weighted by atomic mass is 16.5. The van der Waals surface area contributed by atoms with Gasteiger partial charge in [0.25, 0.3) is 0 Å². The fourth-order valence-corrected chi connectivity index (χ4v) is 1.68. The van der Waals surface area contributed by atoms with Crippen LogP contribution in [0.15, 0.2) is 18.2 Å². The molecule has 0 amide bonds. The number of hydrogen-bond acceptors (Lipinski definition) is 4. The minimum Gasteiger partial charge on any atom is -0.497 e. The lowest BCUT2D eigenvalue weighted by molar-refractivity contribution is -0.136. The van der Waals surface area contributed by atoms with Crippen LogP contribution in [0.1, 0.15) is 24.9 Å². The smallest absolute Gasteiger partial charge is 0.304 e. The summed E-state index contributed by atoms with van der Waals surface area (Å²) in [7, 11) is 3.21. The summed E-state index contributed by atoms with van der Waals surface area (Å²) < 4.78 is 10.5. The van der Waals surface area contributed by atoms with E-state index in [-0.39, 0.29) is 12.5 Å². The number of ether oxygens (including phenoxy) is 2. The molecule has 5 nitrogen and oxygen atoms in total. The molecule has 1 aromatic rings. The normalized spacial score (nSPS) is 11.9. The summed E-state index contributed by atoms with van der Waals surface area (Å²) in [6.45, 7) is 2.37. The molecule has 1 unspecified atom stereocenters. The topological polar surface area (TPSA) is 67.8 Å². The molecule has 0 aliphatic heterocycles. The second kappa shape index (κ2) is 6.86. The second-order valence-electron chi connectivity index (χ2n) is 3.93. The number of hydrogen-bond donors (Lipinski definition) is 2. The van der Waals surface area contributed by atoms with Gasteiger partial charge in [0, 0.05) is 18.2 Å². The summed E-state index contributed by atoms with van der Waals surface area (Å²) in [6, 6.07) is 5.54. The number of carboxylic acid groups (broad SMARTS) is 1. The highest BCUT2D eigenvalue weighted by Crippen LogP contribution is 2.29. The van der Waals surface area contributed by atoms with Gasteiger partial charge < -0.3 is 19.9 Å². The molecule has 100 valence electrons. The Morgan fingerprint density at radius 1 is 1.39 bits per heavy atom. The van der Waals surface area contributed by atoms with Gasteiger partial charge in [-0.15, -0.1) is 0 Å². The van der Waals surface area contributed by atoms with Crippen molar-refractivity contribution in [2.45, 2.75) is 19.4 Å². The maximum atomic E-state index is 10.5. The molecule has 0 spiro atoms. The highest BCUT2D eigenvalue weighted by Gasteiger charge is 2.12. The summed E-state index contributed by atoms with van der Waals surface area (Å²) >= 11 is 0. The Morgan fingerprint density at radius 3 is 2.67 bits per heavy atom. The van der Waals surface area contributed by atoms with E-state index in [1.54, 1.807) is 14.2 Å². The maximum Gasteiger partial charge on any atom is 0.304 e. The number of benzene rings is 1. The lowest BCUT2D eigenvalue weighted by atomic mass is 10.1. The third kappa shape index (κ3) is 3.92. The highest BCUT2D eigenvalue weighted by molar-refractivity contribution is 5.66. The van der Waals surface area contributed by atoms with Crippen LogP contribution in [0.4, 0.5) is 0 Å². The monoisotopic (exact) mass is 253 g/mol. The molecule has 1 rings (SSSR count). The van der Waals surface area contributed by atoms with E-state index < -0.39 is 5.97 Å². The summed E-state index contributed by atoms with van der Waals surface area (Å²) in [4.78, 5) is 10.5. The quantitative estimate of drug-likeness (QED) is 0.776. The molecule has 0 aromatic heterocycles. The van der Waals surface area contributed by atoms with Crippen molar-refractivity contribution in [3.8, 4) is 11.5 Å². The van der Waals surface area contributed by atoms with Crippen molar-refractivity contribution in [3.05, 3.63) is 23.8 Å². The Kier molecular flexibility index (Phi) is 5.45. The first-order valence-electron chi connectivity index (χ1n) is 5.75. The van der Waals surface area contributed by atoms with Crippen molar-refractivity contribution in [1.29, 1.82) is 0 Å². The van der Waals surface area contributed by atoms with Gasteiger partial charge in [0.05, 0.1) is 20.6 Å². The van der Waals surface area contributed by atoms with Gasteiger partial charge in [0.1, 0.15) is 11.5 Å². The number of methoxy groups -OCH3 is 2. The molecule has 1 atom stereocenters. The SMILES string of the molecule is COc1ccc(OC)c(C(C)NCCC(=O)O)c1. The van der Waals surface area contributed by atoms with E-state index in [1.165, 1.54) is 0 Å². The molecule has 0 heterocycles. The van der Waals surface area contributed by atoms with E-state index in [0.29, 0.717) is 6.54 Å². The standard InChI is InChI=1S/C13H19NO4/c1-9(14-7-6-13(15)16)11-8-10(17-2)4-5-12(11)18-3/h4-5,8-9,14H,6-7H2,1-3H3,(H,15,16). The third-order valence-corrected chi connectivity index (χ3v) is 2.69. The lowest BCUT2D eigenvalue weighted by Gasteiger charge is -2.17. The Hall–Kier alpha value is -1.75. The molecule has 0 aliphatic carbocycles. The summed E-state index contributed by atoms with van der Waals surface area (Å²) in [5.74, 6) is 0.691. The molecule has 0 aliphatic rings. The zero-order valence-electron chi connectivity index (χ0n) is 10.9. The predicted molar refractivity (Wildman–Crippen MR) is 68.2 cm³/mol. The van der Waals surface area contributed by atoms with Crippen LogP contribution in [0.25, 0.3) is 0 Å². The number of carbonyl (C=O) groups is 1. The average molecular weight is 253 g/mol. The maximum absolute atomic E-state index is 10.5. The number of rotatable bonds is 7. The lowest BCUT2D eigenvalue weighted by Crippen LogP contribution is -2.22. The van der Waals surface area contributed by atoms with Crippen molar-refractivity contribution in [1.82, 2.24) is 5.32 Å². The van der Waals surface area contributed by atoms with Gasteiger partial charge in [-0.3, -0.25) is 4.79 Å². The third-order valence-electron chi connectivity index (χ3n) is 2.69. The molecule has 0 fully saturated rings. The molecule has 0 radical (unpaired) electrons. The van der Waals surface area contributed by atoms with E-state index in [1.807, 2.05) is 25.1 Å². The summed E-state index contributed by atoms with van der Waals surface area (Å²) in [5, 5.41) is 11.7. The Morgan fingerprint density at radius 2 is 2.11 bits per heavy atom. The molecule has 0 bridgehead atoms. The van der Waals surface area contributed by atoms with Gasteiger partial charge in [0.15, 0.2) is 0 Å². The Bertz CT molecular complexity index is 406. The molecule has 2 N–H and O–H groups in total. The summed E-state index contributed by atoms with van der Waals surface area (Å²) in [6.07, 6.45) is 0.0939. The first-order valence-corrected chi connectivity index (χ1v) is 5.75. The molecule has 0 saturated carbocycles. The van der Waals surface area contributed by atoms with Crippen LogP contribution >= 0.6 is 0 Å². The van der Waals surface area contributed by atoms with Crippen LogP contribution < -0.4 is 14.8 Å². The van der Waals surface area contributed by atoms with Crippen molar-refractivity contribution >= 4 is 5.97 Å². The van der Waals surface area contributed by atoms with Crippen LogP contribution in [-0.4, -0.2) is 31.8 Å². The van der Waals surface area contributed by atoms with E-state index in [0.717, 1.165) is 17.1 Å². The van der Waals surface area contributed by atoms with E-state index in [2.05, 4.69) is 5.32 Å². The van der Waals surface area contributed by atoms with Gasteiger partial charge in [-0.1, -0.05) is 0 Å². The van der Waals surface area contributed by atoms with E-state index in [4.69, 9.17) is 14.6 Å². The average Bonchev–Trinajstić information content (AvgIpc) is 2.37. The minimum absolute atomic E-state index is 0.00519. The Balaban J connectivity index is 2.75. The van der Waals surface area contributed by atoms with Gasteiger partial charge in [-0.05, 0) is 25.1 Å². The van der Waals surface area contributed by atoms with Crippen LogP contribution in [0.2, 0.25) is 0 Å². The number of nitrogens with one attached hydrogen (secondary N) is 1. The van der Waals surface area contributed by atoms with E-state index >= 15 is 0 Å². The largest absolute Gasteiger partial charge is 0.497 e. The van der Waals surface area contributed by atoms with E-state index in [9.17, 15) is 4.79 Å². The second-order valence-corrected chi connectivity index (χ2v) is 3.93. The first kappa shape index (κ1) is 14.3. The fourth-order valence-electron chi connectivity index (χ4n) is 1.68. The van der Waals surface area contributed by atoms with Gasteiger partial charge in [-0.25, -0.2) is 0 Å². The fraction of sp³-hybridized carbons (Fsp3) is 0.462. The van der Waals surface area contributed by atoms with Crippen LogP contribution in [0.3, 0.4) is 0 Å². The molecule has 18 heavy (non-hydrogen) atoms. The summed E-state index contributed by atoms with van der Waals surface area (Å²) in [5.41, 5.74) is 0.947. The molecule has 5 heteroatoms. The van der Waals surface area contributed by atoms with Gasteiger partial charge in [-0.2, -0.15) is 0 Å². The van der Waals surface area contributed by atoms with Crippen molar-refractivity contribution in [2.24, 2.45) is 0 Å². The van der Waals surface area contributed by atoms with Crippen LogP contribution in [0.5, 0.6) is 11.5 Å². The van der Waals surface area contributed by atoms with Crippen molar-refractivity contribution in [2.75, 3.05) is 20.8 Å². The first-order chi connectivity index (χ1) is 8.58. The number of aliphatic carboxylic acids is 1. The predicted octanol–water partition coefficient (Wildman–Crippen LogP) is 1.83. The molecular weight excluding hydrogens is 234 g/mol. The van der Waals surface area contributed by atoms with Gasteiger partial charge >= 0.3 is 5.97 Å². The number of carboxylic acids is 1. The molecule has 0 saturated heterocycles. The van der Waals surface area contributed by atoms with Crippen molar-refractivity contribution in [3.63, 3.8) is 0 Å².